The molecule has 38 heavy (non-hydrogen) atoms. The minimum atomic E-state index is 0. The minimum Gasteiger partial charge on any atom is -1.00 e. The van der Waals surface area contributed by atoms with Gasteiger partial charge < -0.3 is 49.9 Å². The Morgan fingerprint density at radius 3 is 0.947 bits per heavy atom. The first-order chi connectivity index (χ1) is 16.3. The number of benzene rings is 2. The maximum absolute atomic E-state index is 3.86. The van der Waals surface area contributed by atoms with E-state index in [9.17, 15) is 0 Å². The van der Waals surface area contributed by atoms with E-state index in [2.05, 4.69) is 123 Å². The zero-order valence-electron chi connectivity index (χ0n) is 25.8. The van der Waals surface area contributed by atoms with Crippen LogP contribution in [0.4, 0.5) is 11.4 Å². The molecular weight excluding hydrogens is 645 g/mol. The molecule has 3 nitrogen and oxygen atoms in total. The van der Waals surface area contributed by atoms with Crippen molar-refractivity contribution in [2.24, 2.45) is 0 Å². The molecule has 2 atom stereocenters. The molecule has 0 aromatic heterocycles. The normalized spacial score (nSPS) is 12.6. The van der Waals surface area contributed by atoms with E-state index in [4.69, 9.17) is 0 Å². The monoisotopic (exact) mass is 696 g/mol. The van der Waals surface area contributed by atoms with Crippen LogP contribution >= 0.6 is 0 Å². The maximum atomic E-state index is 3.86. The zero-order valence-corrected chi connectivity index (χ0v) is 30.0. The fourth-order valence-electron chi connectivity index (χ4n) is 4.95. The fourth-order valence-corrected chi connectivity index (χ4v) is 4.95. The van der Waals surface area contributed by atoms with E-state index in [0.717, 1.165) is 13.1 Å². The molecule has 0 spiro atoms. The molecule has 1 radical (unpaired) electrons. The van der Waals surface area contributed by atoms with Gasteiger partial charge in [0, 0.05) is 36.5 Å². The first-order valence-corrected chi connectivity index (χ1v) is 13.8. The Labute approximate surface area is 266 Å². The van der Waals surface area contributed by atoms with Gasteiger partial charge in [-0.25, -0.2) is 0 Å². The zero-order chi connectivity index (χ0) is 26.4. The van der Waals surface area contributed by atoms with Crippen LogP contribution in [0.25, 0.3) is 0 Å². The Balaban J connectivity index is 0. The molecule has 0 saturated carbocycles. The van der Waals surface area contributed by atoms with Crippen molar-refractivity contribution in [3.05, 3.63) is 57.6 Å². The van der Waals surface area contributed by atoms with Crippen LogP contribution in [-0.4, -0.2) is 25.2 Å². The average Bonchev–Trinajstić information content (AvgIpc) is 2.74. The van der Waals surface area contributed by atoms with Gasteiger partial charge in [0.25, 0.3) is 0 Å². The van der Waals surface area contributed by atoms with Crippen LogP contribution in [0.5, 0.6) is 0 Å². The number of halogens is 2. The second-order valence-electron chi connectivity index (χ2n) is 12.0. The van der Waals surface area contributed by atoms with Gasteiger partial charge in [-0.2, -0.15) is 0 Å². The van der Waals surface area contributed by atoms with E-state index >= 15 is 0 Å². The molecule has 2 unspecified atom stereocenters. The van der Waals surface area contributed by atoms with E-state index in [1.54, 1.807) is 0 Å². The molecule has 0 aliphatic carbocycles. The predicted octanol–water partition coefficient (Wildman–Crippen LogP) is 2.69. The fraction of sp³-hybridized carbons (Fsp3) is 0.625. The van der Waals surface area contributed by atoms with Gasteiger partial charge in [-0.15, -0.1) is 0 Å². The van der Waals surface area contributed by atoms with Crippen LogP contribution in [0.15, 0.2) is 24.3 Å². The molecule has 0 fully saturated rings. The van der Waals surface area contributed by atoms with Crippen LogP contribution < -0.4 is 49.9 Å². The van der Waals surface area contributed by atoms with E-state index in [0.29, 0.717) is 35.8 Å². The van der Waals surface area contributed by atoms with E-state index < -0.39 is 0 Å². The van der Waals surface area contributed by atoms with Gasteiger partial charge in [0.15, 0.2) is 0 Å². The Morgan fingerprint density at radius 2 is 0.737 bits per heavy atom. The molecule has 0 amide bonds. The largest absolute Gasteiger partial charge is 2.00 e. The number of rotatable bonds is 12. The van der Waals surface area contributed by atoms with Gasteiger partial charge in [0.05, 0.1) is 0 Å². The van der Waals surface area contributed by atoms with Crippen LogP contribution in [-0.2, 0) is 16.8 Å². The quantitative estimate of drug-likeness (QED) is 0.320. The molecule has 0 saturated heterocycles. The van der Waals surface area contributed by atoms with Crippen molar-refractivity contribution in [1.29, 1.82) is 0 Å². The van der Waals surface area contributed by atoms with Gasteiger partial charge in [-0.1, -0.05) is 90.8 Å². The van der Waals surface area contributed by atoms with Crippen molar-refractivity contribution in [1.82, 2.24) is 5.32 Å². The molecule has 0 aliphatic heterocycles. The Bertz CT molecular complexity index is 838. The van der Waals surface area contributed by atoms with Gasteiger partial charge in [-0.3, -0.25) is 0 Å². The summed E-state index contributed by atoms with van der Waals surface area (Å²) in [6, 6.07) is 10.1. The minimum absolute atomic E-state index is 0. The molecule has 6 heteroatoms. The third-order valence-electron chi connectivity index (χ3n) is 6.86. The third kappa shape index (κ3) is 11.2. The number of aryl methyl sites for hydroxylation is 2. The molecule has 0 heterocycles. The van der Waals surface area contributed by atoms with Gasteiger partial charge in [-0.05, 0) is 73.6 Å². The van der Waals surface area contributed by atoms with Crippen molar-refractivity contribution in [3.63, 3.8) is 0 Å². The Hall–Kier alpha value is -0.534. The van der Waals surface area contributed by atoms with Crippen molar-refractivity contribution >= 4 is 11.4 Å². The van der Waals surface area contributed by atoms with E-state index in [-0.39, 0.29) is 50.7 Å². The third-order valence-corrected chi connectivity index (χ3v) is 6.86. The predicted molar refractivity (Wildman–Crippen MR) is 158 cm³/mol. The molecule has 0 aliphatic rings. The van der Waals surface area contributed by atoms with Gasteiger partial charge >= 0.3 is 16.8 Å². The van der Waals surface area contributed by atoms with E-state index in [1.165, 1.54) is 44.8 Å². The number of anilines is 2. The summed E-state index contributed by atoms with van der Waals surface area (Å²) in [7, 11) is 0. The summed E-state index contributed by atoms with van der Waals surface area (Å²) >= 11 is 0. The summed E-state index contributed by atoms with van der Waals surface area (Å²) in [5, 5.41) is 11.4. The number of hydrogen-bond acceptors (Lipinski definition) is 3. The summed E-state index contributed by atoms with van der Waals surface area (Å²) in [6.07, 6.45) is 0. The summed E-state index contributed by atoms with van der Waals surface area (Å²) in [5.41, 5.74) is 11.1. The van der Waals surface area contributed by atoms with Crippen molar-refractivity contribution in [2.45, 2.75) is 119 Å². The van der Waals surface area contributed by atoms with Gasteiger partial charge in [0.1, 0.15) is 0 Å². The SMILES string of the molecule is Cc1cc(C(C)C)c(NC(C)CNCC(C)Nc2c(C(C)C)cc(C)cc2C(C)C)c(C(C)C)c1.[Br-].[Br-].[Co+2]. The second kappa shape index (κ2) is 18.0. The van der Waals surface area contributed by atoms with Crippen LogP contribution in [0, 0.1) is 13.8 Å². The topological polar surface area (TPSA) is 36.1 Å². The first kappa shape index (κ1) is 39.6. The Morgan fingerprint density at radius 1 is 0.500 bits per heavy atom. The van der Waals surface area contributed by atoms with Crippen molar-refractivity contribution < 1.29 is 50.7 Å². The van der Waals surface area contributed by atoms with Crippen LogP contribution in [0.1, 0.15) is 126 Å². The number of hydrogen-bond donors (Lipinski definition) is 3. The molecule has 2 rings (SSSR count). The Kier molecular flexibility index (Phi) is 18.8. The maximum Gasteiger partial charge on any atom is 2.00 e. The summed E-state index contributed by atoms with van der Waals surface area (Å²) in [5.74, 6) is 2.00. The second-order valence-corrected chi connectivity index (χ2v) is 12.0. The van der Waals surface area contributed by atoms with E-state index in [1.807, 2.05) is 0 Å². The van der Waals surface area contributed by atoms with Crippen LogP contribution in [0.2, 0.25) is 0 Å². The molecule has 2 aromatic rings. The molecule has 3 N–H and O–H groups in total. The molecule has 0 bridgehead atoms. The molecular formula is C32H53Br2CoN3. The average molecular weight is 699 g/mol. The van der Waals surface area contributed by atoms with Crippen molar-refractivity contribution in [3.8, 4) is 0 Å². The summed E-state index contributed by atoms with van der Waals surface area (Å²) < 4.78 is 0. The standard InChI is InChI=1S/C32H53N3.2BrH.Co/c1-19(2)27-13-23(9)14-28(20(3)4)31(27)34-25(11)17-33-18-26(12)35-32-29(21(5)6)15-24(10)16-30(32)22(7)8;;;/h13-16,19-22,25-26,33-35H,17-18H2,1-12H3;2*1H;/q;;;+2/p-2. The molecule has 219 valence electrons. The summed E-state index contributed by atoms with van der Waals surface area (Å²) in [4.78, 5) is 0. The summed E-state index contributed by atoms with van der Waals surface area (Å²) in [6.45, 7) is 29.2. The van der Waals surface area contributed by atoms with Crippen molar-refractivity contribution in [2.75, 3.05) is 23.7 Å². The smallest absolute Gasteiger partial charge is 1.00 e. The van der Waals surface area contributed by atoms with Gasteiger partial charge in [0.2, 0.25) is 0 Å². The van der Waals surface area contributed by atoms with Crippen LogP contribution in [0.3, 0.4) is 0 Å². The first-order valence-electron chi connectivity index (χ1n) is 13.8. The molecule has 2 aromatic carbocycles. The number of nitrogens with one attached hydrogen (secondary N) is 3.